The number of likely N-dealkylation sites (N-methyl/N-ethyl adjacent to an activating group) is 1. The van der Waals surface area contributed by atoms with E-state index in [-0.39, 0.29) is 24.9 Å². The smallest absolute Gasteiger partial charge is 0.239 e. The van der Waals surface area contributed by atoms with E-state index >= 15 is 0 Å². The molecule has 1 rings (SSSR count). The molecule has 7 heteroatoms. The Hall–Kier alpha value is -2.28. The molecule has 0 unspecified atom stereocenters. The summed E-state index contributed by atoms with van der Waals surface area (Å²) in [6.07, 6.45) is 0.867. The summed E-state index contributed by atoms with van der Waals surface area (Å²) in [5.74, 6) is 1.05. The van der Waals surface area contributed by atoms with Crippen LogP contribution in [0.15, 0.2) is 18.2 Å². The van der Waals surface area contributed by atoms with Crippen LogP contribution in [0.2, 0.25) is 0 Å². The third-order valence-corrected chi connectivity index (χ3v) is 3.37. The SMILES string of the molecule is CCCNC(=O)CNC(=O)CN(C)Cc1ccc(OC)cc1OC. The van der Waals surface area contributed by atoms with E-state index in [1.54, 1.807) is 20.3 Å². The molecule has 2 N–H and O–H groups in total. The van der Waals surface area contributed by atoms with E-state index in [2.05, 4.69) is 10.6 Å². The monoisotopic (exact) mass is 337 g/mol. The van der Waals surface area contributed by atoms with Crippen molar-refractivity contribution < 1.29 is 19.1 Å². The van der Waals surface area contributed by atoms with Crippen LogP contribution < -0.4 is 20.1 Å². The first-order valence-electron chi connectivity index (χ1n) is 7.93. The number of nitrogens with zero attached hydrogens (tertiary/aromatic N) is 1. The van der Waals surface area contributed by atoms with Gasteiger partial charge in [0.2, 0.25) is 11.8 Å². The van der Waals surface area contributed by atoms with E-state index in [4.69, 9.17) is 9.47 Å². The lowest BCUT2D eigenvalue weighted by Crippen LogP contribution is -2.41. The first-order valence-corrected chi connectivity index (χ1v) is 7.93. The number of ether oxygens (including phenoxy) is 2. The van der Waals surface area contributed by atoms with Gasteiger partial charge in [-0.2, -0.15) is 0 Å². The van der Waals surface area contributed by atoms with E-state index in [0.29, 0.717) is 24.6 Å². The minimum atomic E-state index is -0.198. The van der Waals surface area contributed by atoms with Gasteiger partial charge < -0.3 is 20.1 Å². The fourth-order valence-electron chi connectivity index (χ4n) is 2.14. The van der Waals surface area contributed by atoms with E-state index in [9.17, 15) is 9.59 Å². The molecule has 1 aromatic rings. The molecule has 1 aromatic carbocycles. The van der Waals surface area contributed by atoms with E-state index in [1.165, 1.54) is 0 Å². The summed E-state index contributed by atoms with van der Waals surface area (Å²) in [5, 5.41) is 5.32. The van der Waals surface area contributed by atoms with Crippen molar-refractivity contribution in [1.82, 2.24) is 15.5 Å². The molecular weight excluding hydrogens is 310 g/mol. The average molecular weight is 337 g/mol. The second kappa shape index (κ2) is 10.5. The van der Waals surface area contributed by atoms with Crippen LogP contribution in [0.1, 0.15) is 18.9 Å². The van der Waals surface area contributed by atoms with Crippen LogP contribution in [0.4, 0.5) is 0 Å². The number of carbonyl (C=O) groups is 2. The minimum Gasteiger partial charge on any atom is -0.497 e. The lowest BCUT2D eigenvalue weighted by Gasteiger charge is -2.18. The van der Waals surface area contributed by atoms with E-state index < -0.39 is 0 Å². The van der Waals surface area contributed by atoms with E-state index in [0.717, 1.165) is 12.0 Å². The molecule has 0 aliphatic rings. The summed E-state index contributed by atoms with van der Waals surface area (Å²) in [6, 6.07) is 5.56. The number of benzene rings is 1. The van der Waals surface area contributed by atoms with Gasteiger partial charge in [0.1, 0.15) is 11.5 Å². The van der Waals surface area contributed by atoms with Gasteiger partial charge in [-0.1, -0.05) is 13.0 Å². The van der Waals surface area contributed by atoms with Crippen molar-refractivity contribution in [2.45, 2.75) is 19.9 Å². The van der Waals surface area contributed by atoms with Crippen molar-refractivity contribution in [1.29, 1.82) is 0 Å². The number of amides is 2. The highest BCUT2D eigenvalue weighted by molar-refractivity contribution is 5.85. The van der Waals surface area contributed by atoms with Gasteiger partial charge in [0, 0.05) is 24.7 Å². The van der Waals surface area contributed by atoms with Crippen molar-refractivity contribution in [3.63, 3.8) is 0 Å². The first kappa shape index (κ1) is 19.8. The molecule has 0 aliphatic carbocycles. The second-order valence-corrected chi connectivity index (χ2v) is 5.48. The Labute approximate surface area is 143 Å². The molecule has 0 bridgehead atoms. The number of carbonyl (C=O) groups excluding carboxylic acids is 2. The van der Waals surface area contributed by atoms with Crippen LogP contribution in [0.3, 0.4) is 0 Å². The zero-order valence-electron chi connectivity index (χ0n) is 14.8. The maximum absolute atomic E-state index is 11.9. The van der Waals surface area contributed by atoms with Crippen LogP contribution >= 0.6 is 0 Å². The number of methoxy groups -OCH3 is 2. The Kier molecular flexibility index (Phi) is 8.64. The topological polar surface area (TPSA) is 79.9 Å². The van der Waals surface area contributed by atoms with Gasteiger partial charge in [-0.3, -0.25) is 14.5 Å². The summed E-state index contributed by atoms with van der Waals surface area (Å²) < 4.78 is 10.5. The highest BCUT2D eigenvalue weighted by Gasteiger charge is 2.12. The average Bonchev–Trinajstić information content (AvgIpc) is 2.58. The lowest BCUT2D eigenvalue weighted by atomic mass is 10.2. The molecule has 0 spiro atoms. The Morgan fingerprint density at radius 2 is 1.88 bits per heavy atom. The molecule has 0 fully saturated rings. The molecule has 0 aliphatic heterocycles. The minimum absolute atomic E-state index is 0.00146. The van der Waals surface area contributed by atoms with Gasteiger partial charge in [-0.05, 0) is 19.5 Å². The molecule has 0 radical (unpaired) electrons. The van der Waals surface area contributed by atoms with Crippen LogP contribution in [-0.4, -0.2) is 57.6 Å². The maximum Gasteiger partial charge on any atom is 0.239 e. The molecule has 0 heterocycles. The van der Waals surface area contributed by atoms with Gasteiger partial charge in [0.05, 0.1) is 27.3 Å². The predicted octanol–water partition coefficient (Wildman–Crippen LogP) is 0.778. The Bertz CT molecular complexity index is 549. The number of hydrogen-bond acceptors (Lipinski definition) is 5. The van der Waals surface area contributed by atoms with Crippen molar-refractivity contribution in [2.75, 3.05) is 40.9 Å². The van der Waals surface area contributed by atoms with Crippen LogP contribution in [0.25, 0.3) is 0 Å². The fourth-order valence-corrected chi connectivity index (χ4v) is 2.14. The van der Waals surface area contributed by atoms with Crippen molar-refractivity contribution in [3.8, 4) is 11.5 Å². The summed E-state index contributed by atoms with van der Waals surface area (Å²) in [7, 11) is 5.03. The molecule has 0 saturated carbocycles. The fraction of sp³-hybridized carbons (Fsp3) is 0.529. The molecule has 134 valence electrons. The molecule has 24 heavy (non-hydrogen) atoms. The standard InChI is InChI=1S/C17H27N3O4/c1-5-8-18-16(21)10-19-17(22)12-20(2)11-13-6-7-14(23-3)9-15(13)24-4/h6-7,9H,5,8,10-12H2,1-4H3,(H,18,21)(H,19,22). The molecule has 0 aromatic heterocycles. The quantitative estimate of drug-likeness (QED) is 0.659. The van der Waals surface area contributed by atoms with Crippen molar-refractivity contribution >= 4 is 11.8 Å². The van der Waals surface area contributed by atoms with Crippen molar-refractivity contribution in [3.05, 3.63) is 23.8 Å². The Morgan fingerprint density at radius 3 is 2.50 bits per heavy atom. The van der Waals surface area contributed by atoms with Gasteiger partial charge in [0.15, 0.2) is 0 Å². The molecule has 2 amide bonds. The zero-order valence-corrected chi connectivity index (χ0v) is 14.8. The third kappa shape index (κ3) is 6.87. The normalized spacial score (nSPS) is 10.4. The Balaban J connectivity index is 2.46. The van der Waals surface area contributed by atoms with E-state index in [1.807, 2.05) is 31.0 Å². The predicted molar refractivity (Wildman–Crippen MR) is 92.2 cm³/mol. The lowest BCUT2D eigenvalue weighted by molar-refractivity contribution is -0.126. The van der Waals surface area contributed by atoms with Crippen LogP contribution in [-0.2, 0) is 16.1 Å². The van der Waals surface area contributed by atoms with Crippen molar-refractivity contribution in [2.24, 2.45) is 0 Å². The molecule has 0 atom stereocenters. The zero-order chi connectivity index (χ0) is 17.9. The summed E-state index contributed by atoms with van der Waals surface area (Å²) in [4.78, 5) is 25.2. The number of rotatable bonds is 10. The maximum atomic E-state index is 11.9. The Morgan fingerprint density at radius 1 is 1.12 bits per heavy atom. The summed E-state index contributed by atoms with van der Waals surface area (Å²) in [6.45, 7) is 3.32. The number of nitrogens with one attached hydrogen (secondary N) is 2. The second-order valence-electron chi connectivity index (χ2n) is 5.48. The number of hydrogen-bond donors (Lipinski definition) is 2. The third-order valence-electron chi connectivity index (χ3n) is 3.37. The highest BCUT2D eigenvalue weighted by atomic mass is 16.5. The van der Waals surface area contributed by atoms with Crippen LogP contribution in [0.5, 0.6) is 11.5 Å². The molecule has 0 saturated heterocycles. The molecule has 7 nitrogen and oxygen atoms in total. The van der Waals surface area contributed by atoms with Gasteiger partial charge in [-0.25, -0.2) is 0 Å². The van der Waals surface area contributed by atoms with Crippen LogP contribution in [0, 0.1) is 0 Å². The first-order chi connectivity index (χ1) is 11.5. The summed E-state index contributed by atoms with van der Waals surface area (Å²) in [5.41, 5.74) is 0.953. The van der Waals surface area contributed by atoms with Gasteiger partial charge in [-0.15, -0.1) is 0 Å². The highest BCUT2D eigenvalue weighted by Crippen LogP contribution is 2.25. The summed E-state index contributed by atoms with van der Waals surface area (Å²) >= 11 is 0. The molecular formula is C17H27N3O4. The van der Waals surface area contributed by atoms with Gasteiger partial charge >= 0.3 is 0 Å². The largest absolute Gasteiger partial charge is 0.497 e. The van der Waals surface area contributed by atoms with Gasteiger partial charge in [0.25, 0.3) is 0 Å².